The number of hydrogen-bond donors (Lipinski definition) is 0. The molecule has 234 valence electrons. The Hall–Kier alpha value is -7.10. The summed E-state index contributed by atoms with van der Waals surface area (Å²) in [6, 6.07) is 58.3. The van der Waals surface area contributed by atoms with E-state index in [4.69, 9.17) is 24.9 Å². The smallest absolute Gasteiger partial charge is 0.165 e. The first-order valence-electron chi connectivity index (χ1n) is 16.2. The Morgan fingerprint density at radius 3 is 1.36 bits per heavy atom. The molecule has 2 aromatic heterocycles. The van der Waals surface area contributed by atoms with Crippen LogP contribution < -0.4 is 0 Å². The molecule has 0 saturated heterocycles. The normalized spacial score (nSPS) is 10.8. The first-order chi connectivity index (χ1) is 24.7. The molecule has 50 heavy (non-hydrogen) atoms. The summed E-state index contributed by atoms with van der Waals surface area (Å²) in [5, 5.41) is 9.79. The predicted octanol–water partition coefficient (Wildman–Crippen LogP) is 10.2. The predicted molar refractivity (Wildman–Crippen MR) is 198 cm³/mol. The highest BCUT2D eigenvalue weighted by Gasteiger charge is 2.15. The monoisotopic (exact) mass is 640 g/mol. The fourth-order valence-corrected chi connectivity index (χ4v) is 5.86. The van der Waals surface area contributed by atoms with Crippen LogP contribution in [0.2, 0.25) is 0 Å². The van der Waals surface area contributed by atoms with Gasteiger partial charge in [0.05, 0.1) is 23.0 Å². The first-order valence-corrected chi connectivity index (χ1v) is 16.2. The lowest BCUT2D eigenvalue weighted by atomic mass is 10.0. The molecule has 0 aliphatic carbocycles. The lowest BCUT2D eigenvalue weighted by Crippen LogP contribution is -2.01. The topological polar surface area (TPSA) is 88.2 Å². The summed E-state index contributed by atoms with van der Waals surface area (Å²) < 4.78 is 0. The second kappa shape index (κ2) is 13.6. The molecule has 0 amide bonds. The number of benzene rings is 6. The fourth-order valence-electron chi connectivity index (χ4n) is 5.86. The zero-order chi connectivity index (χ0) is 33.7. The van der Waals surface area contributed by atoms with E-state index in [1.807, 2.05) is 115 Å². The molecule has 8 aromatic rings. The van der Waals surface area contributed by atoms with Crippen molar-refractivity contribution in [1.82, 2.24) is 24.9 Å². The van der Waals surface area contributed by atoms with Crippen molar-refractivity contribution in [3.63, 3.8) is 0 Å². The van der Waals surface area contributed by atoms with Crippen LogP contribution in [0, 0.1) is 11.3 Å². The van der Waals surface area contributed by atoms with Crippen LogP contribution in [0.4, 0.5) is 0 Å². The highest BCUT2D eigenvalue weighted by atomic mass is 15.0. The van der Waals surface area contributed by atoms with Gasteiger partial charge in [-0.3, -0.25) is 0 Å². The third kappa shape index (κ3) is 6.27. The third-order valence-corrected chi connectivity index (χ3v) is 8.42. The Balaban J connectivity index is 1.17. The summed E-state index contributed by atoms with van der Waals surface area (Å²) in [4.78, 5) is 24.5. The van der Waals surface area contributed by atoms with Gasteiger partial charge in [0.25, 0.3) is 0 Å². The molecule has 6 nitrogen and oxygen atoms in total. The largest absolute Gasteiger partial charge is 0.228 e. The lowest BCUT2D eigenvalue weighted by molar-refractivity contribution is 1.07. The molecule has 0 fully saturated rings. The average Bonchev–Trinajstić information content (AvgIpc) is 3.21. The van der Waals surface area contributed by atoms with E-state index < -0.39 is 0 Å². The van der Waals surface area contributed by atoms with Crippen LogP contribution in [0.3, 0.4) is 0 Å². The second-order valence-electron chi connectivity index (χ2n) is 11.7. The van der Waals surface area contributed by atoms with Crippen molar-refractivity contribution in [1.29, 1.82) is 5.26 Å². The molecule has 0 atom stereocenters. The van der Waals surface area contributed by atoms with E-state index >= 15 is 0 Å². The van der Waals surface area contributed by atoms with Gasteiger partial charge >= 0.3 is 0 Å². The minimum Gasteiger partial charge on any atom is -0.228 e. The van der Waals surface area contributed by atoms with E-state index in [2.05, 4.69) is 54.6 Å². The minimum atomic E-state index is 0.454. The lowest BCUT2D eigenvalue weighted by Gasteiger charge is -2.11. The summed E-state index contributed by atoms with van der Waals surface area (Å²) >= 11 is 0. The Morgan fingerprint density at radius 2 is 0.760 bits per heavy atom. The number of aromatic nitrogens is 5. The van der Waals surface area contributed by atoms with Crippen LogP contribution in [0.15, 0.2) is 170 Å². The van der Waals surface area contributed by atoms with Gasteiger partial charge in [0.2, 0.25) is 0 Å². The van der Waals surface area contributed by atoms with Gasteiger partial charge < -0.3 is 0 Å². The Morgan fingerprint density at radius 1 is 0.320 bits per heavy atom. The molecule has 8 rings (SSSR count). The number of nitrogens with zero attached hydrogens (tertiary/aromatic N) is 6. The maximum atomic E-state index is 9.79. The van der Waals surface area contributed by atoms with E-state index in [0.717, 1.165) is 50.3 Å². The van der Waals surface area contributed by atoms with E-state index in [1.165, 1.54) is 0 Å². The van der Waals surface area contributed by atoms with Gasteiger partial charge in [-0.2, -0.15) is 5.26 Å². The molecule has 6 heteroatoms. The highest BCUT2D eigenvalue weighted by Crippen LogP contribution is 2.32. The van der Waals surface area contributed by atoms with E-state index in [0.29, 0.717) is 34.4 Å². The molecular formula is C44H28N6. The summed E-state index contributed by atoms with van der Waals surface area (Å²) in [6.45, 7) is 0. The molecule has 0 spiro atoms. The minimum absolute atomic E-state index is 0.454. The van der Waals surface area contributed by atoms with E-state index in [-0.39, 0.29) is 0 Å². The second-order valence-corrected chi connectivity index (χ2v) is 11.7. The molecule has 6 aromatic carbocycles. The summed E-state index contributed by atoms with van der Waals surface area (Å²) in [6.07, 6.45) is 0. The Labute approximate surface area is 290 Å². The van der Waals surface area contributed by atoms with Crippen LogP contribution >= 0.6 is 0 Å². The van der Waals surface area contributed by atoms with Gasteiger partial charge in [-0.05, 0) is 35.4 Å². The quantitative estimate of drug-likeness (QED) is 0.172. The van der Waals surface area contributed by atoms with Gasteiger partial charge in [0.15, 0.2) is 23.3 Å². The van der Waals surface area contributed by atoms with Crippen molar-refractivity contribution in [3.05, 3.63) is 175 Å². The molecule has 0 aliphatic heterocycles. The van der Waals surface area contributed by atoms with Gasteiger partial charge in [-0.15, -0.1) is 0 Å². The molecule has 2 heterocycles. The molecule has 0 bridgehead atoms. The number of nitriles is 1. The van der Waals surface area contributed by atoms with Gasteiger partial charge in [0.1, 0.15) is 0 Å². The van der Waals surface area contributed by atoms with E-state index in [1.54, 1.807) is 6.07 Å². The Bertz CT molecular complexity index is 2420. The highest BCUT2D eigenvalue weighted by molar-refractivity contribution is 5.76. The summed E-state index contributed by atoms with van der Waals surface area (Å²) in [5.41, 5.74) is 9.68. The van der Waals surface area contributed by atoms with Crippen molar-refractivity contribution in [3.8, 4) is 85.3 Å². The van der Waals surface area contributed by atoms with Crippen molar-refractivity contribution in [2.24, 2.45) is 0 Å². The first kappa shape index (κ1) is 30.2. The Kier molecular flexibility index (Phi) is 8.20. The molecular weight excluding hydrogens is 613 g/mol. The van der Waals surface area contributed by atoms with Crippen LogP contribution in [-0.4, -0.2) is 24.9 Å². The van der Waals surface area contributed by atoms with Crippen molar-refractivity contribution in [2.45, 2.75) is 0 Å². The van der Waals surface area contributed by atoms with Gasteiger partial charge in [0, 0.05) is 33.4 Å². The van der Waals surface area contributed by atoms with E-state index in [9.17, 15) is 5.26 Å². The zero-order valence-corrected chi connectivity index (χ0v) is 26.8. The van der Waals surface area contributed by atoms with Crippen molar-refractivity contribution >= 4 is 0 Å². The molecule has 0 unspecified atom stereocenters. The third-order valence-electron chi connectivity index (χ3n) is 8.42. The maximum absolute atomic E-state index is 9.79. The molecule has 0 aliphatic rings. The van der Waals surface area contributed by atoms with Crippen LogP contribution in [-0.2, 0) is 0 Å². The number of rotatable bonds is 7. The summed E-state index contributed by atoms with van der Waals surface area (Å²) in [5.74, 6) is 2.19. The maximum Gasteiger partial charge on any atom is 0.165 e. The van der Waals surface area contributed by atoms with Crippen LogP contribution in [0.25, 0.3) is 79.2 Å². The SMILES string of the molecule is N#Cc1ccccc1-c1nc(-c2ccccc2)nc(-c2ccc(-c3cccc(-c4nc(-c5ccccc5)cc(-c5ccccc5)n4)c3)cc2)n1. The molecule has 0 saturated carbocycles. The molecule has 0 N–H and O–H groups in total. The zero-order valence-electron chi connectivity index (χ0n) is 26.8. The van der Waals surface area contributed by atoms with Crippen molar-refractivity contribution in [2.75, 3.05) is 0 Å². The number of hydrogen-bond acceptors (Lipinski definition) is 6. The van der Waals surface area contributed by atoms with Crippen LogP contribution in [0.1, 0.15) is 5.56 Å². The van der Waals surface area contributed by atoms with Crippen molar-refractivity contribution < 1.29 is 0 Å². The van der Waals surface area contributed by atoms with Gasteiger partial charge in [-0.25, -0.2) is 24.9 Å². The average molecular weight is 641 g/mol. The van der Waals surface area contributed by atoms with Crippen LogP contribution in [0.5, 0.6) is 0 Å². The fraction of sp³-hybridized carbons (Fsp3) is 0. The summed E-state index contributed by atoms with van der Waals surface area (Å²) in [7, 11) is 0. The molecule has 0 radical (unpaired) electrons. The standard InChI is InChI=1S/C44H28N6/c45-29-37-19-10-11-22-38(37)44-49-41(33-17-8-3-9-18-33)48-42(50-44)34-25-23-30(24-26-34)35-20-12-21-36(27-35)43-46-39(31-13-4-1-5-14-31)28-40(47-43)32-15-6-2-7-16-32/h1-28H. The van der Waals surface area contributed by atoms with Gasteiger partial charge in [-0.1, -0.05) is 146 Å².